The minimum atomic E-state index is -0.242. The summed E-state index contributed by atoms with van der Waals surface area (Å²) in [6.07, 6.45) is 1.61. The SMILES string of the molecule is CCCC(CN)C(=O)Nc1c(Cl)cc(Cl)c2nsnc12. The van der Waals surface area contributed by atoms with Gasteiger partial charge in [-0.1, -0.05) is 36.5 Å². The van der Waals surface area contributed by atoms with Crippen molar-refractivity contribution >= 4 is 57.6 Å². The minimum absolute atomic E-state index is 0.159. The van der Waals surface area contributed by atoms with Crippen molar-refractivity contribution in [2.75, 3.05) is 11.9 Å². The molecule has 1 amide bonds. The minimum Gasteiger partial charge on any atom is -0.330 e. The summed E-state index contributed by atoms with van der Waals surface area (Å²) >= 11 is 13.2. The second-order valence-electron chi connectivity index (χ2n) is 4.39. The number of aromatic nitrogens is 2. The van der Waals surface area contributed by atoms with E-state index in [2.05, 4.69) is 14.1 Å². The summed E-state index contributed by atoms with van der Waals surface area (Å²) in [5, 5.41) is 3.56. The predicted octanol–water partition coefficient (Wildman–Crippen LogP) is 3.31. The van der Waals surface area contributed by atoms with Crippen LogP contribution < -0.4 is 11.1 Å². The van der Waals surface area contributed by atoms with Gasteiger partial charge in [0.05, 0.1) is 33.4 Å². The Morgan fingerprint density at radius 1 is 1.40 bits per heavy atom. The number of nitrogens with one attached hydrogen (secondary N) is 1. The summed E-state index contributed by atoms with van der Waals surface area (Å²) in [6, 6.07) is 1.56. The van der Waals surface area contributed by atoms with Crippen LogP contribution in [0.2, 0.25) is 10.0 Å². The fraction of sp³-hybridized carbons (Fsp3) is 0.417. The number of carbonyl (C=O) groups is 1. The number of nitrogens with two attached hydrogens (primary N) is 1. The second-order valence-corrected chi connectivity index (χ2v) is 5.73. The maximum Gasteiger partial charge on any atom is 0.228 e. The molecule has 3 N–H and O–H groups in total. The van der Waals surface area contributed by atoms with Gasteiger partial charge < -0.3 is 11.1 Å². The number of hydrogen-bond donors (Lipinski definition) is 2. The zero-order valence-electron chi connectivity index (χ0n) is 10.8. The maximum absolute atomic E-state index is 12.2. The lowest BCUT2D eigenvalue weighted by Crippen LogP contribution is -2.29. The van der Waals surface area contributed by atoms with Gasteiger partial charge in [-0.15, -0.1) is 0 Å². The summed E-state index contributed by atoms with van der Waals surface area (Å²) in [6.45, 7) is 2.30. The highest BCUT2D eigenvalue weighted by Gasteiger charge is 2.20. The van der Waals surface area contributed by atoms with Gasteiger partial charge in [-0.25, -0.2) is 0 Å². The molecule has 0 aliphatic rings. The summed E-state index contributed by atoms with van der Waals surface area (Å²) in [5.41, 5.74) is 7.12. The van der Waals surface area contributed by atoms with Crippen molar-refractivity contribution in [3.63, 3.8) is 0 Å². The molecule has 1 atom stereocenters. The van der Waals surface area contributed by atoms with Crippen molar-refractivity contribution in [2.45, 2.75) is 19.8 Å². The van der Waals surface area contributed by atoms with E-state index in [1.807, 2.05) is 6.92 Å². The van der Waals surface area contributed by atoms with E-state index in [4.69, 9.17) is 28.9 Å². The maximum atomic E-state index is 12.2. The van der Waals surface area contributed by atoms with Gasteiger partial charge in [-0.3, -0.25) is 4.79 Å². The number of anilines is 1. The molecule has 0 saturated heterocycles. The molecular formula is C12H14Cl2N4OS. The largest absolute Gasteiger partial charge is 0.330 e. The molecule has 0 saturated carbocycles. The van der Waals surface area contributed by atoms with E-state index in [0.29, 0.717) is 33.3 Å². The molecule has 1 heterocycles. The number of carbonyl (C=O) groups excluding carboxylic acids is 1. The third kappa shape index (κ3) is 3.03. The number of rotatable bonds is 5. The van der Waals surface area contributed by atoms with Gasteiger partial charge in [-0.2, -0.15) is 8.75 Å². The molecule has 8 heteroatoms. The quantitative estimate of drug-likeness (QED) is 0.880. The van der Waals surface area contributed by atoms with Gasteiger partial charge in [0.2, 0.25) is 5.91 Å². The molecule has 0 aliphatic carbocycles. The summed E-state index contributed by atoms with van der Waals surface area (Å²) < 4.78 is 8.23. The van der Waals surface area contributed by atoms with Crippen LogP contribution in [-0.2, 0) is 4.79 Å². The van der Waals surface area contributed by atoms with Gasteiger partial charge >= 0.3 is 0 Å². The molecular weight excluding hydrogens is 319 g/mol. The molecule has 2 rings (SSSR count). The lowest BCUT2D eigenvalue weighted by atomic mass is 10.0. The highest BCUT2D eigenvalue weighted by Crippen LogP contribution is 2.35. The van der Waals surface area contributed by atoms with Gasteiger partial charge in [0.15, 0.2) is 0 Å². The van der Waals surface area contributed by atoms with Crippen LogP contribution in [0, 0.1) is 5.92 Å². The standard InChI is InChI=1S/C12H14Cl2N4OS/c1-2-3-6(5-15)12(19)16-9-7(13)4-8(14)10-11(9)18-20-17-10/h4,6H,2-3,5,15H2,1H3,(H,16,19). The Hall–Kier alpha value is -0.950. The molecule has 1 aromatic heterocycles. The molecule has 20 heavy (non-hydrogen) atoms. The fourth-order valence-electron chi connectivity index (χ4n) is 1.92. The number of benzene rings is 1. The molecule has 2 aromatic rings. The zero-order valence-corrected chi connectivity index (χ0v) is 13.1. The average Bonchev–Trinajstić information content (AvgIpc) is 2.90. The predicted molar refractivity (Wildman–Crippen MR) is 83.5 cm³/mol. The number of nitrogens with zero attached hydrogens (tertiary/aromatic N) is 2. The summed E-state index contributed by atoms with van der Waals surface area (Å²) in [7, 11) is 0. The molecule has 5 nitrogen and oxygen atoms in total. The van der Waals surface area contributed by atoms with E-state index in [0.717, 1.165) is 24.6 Å². The van der Waals surface area contributed by atoms with Crippen LogP contribution in [0.1, 0.15) is 19.8 Å². The Labute approximate surface area is 130 Å². The van der Waals surface area contributed by atoms with Crippen molar-refractivity contribution < 1.29 is 4.79 Å². The Morgan fingerprint density at radius 2 is 2.10 bits per heavy atom. The lowest BCUT2D eigenvalue weighted by Gasteiger charge is -2.15. The first-order chi connectivity index (χ1) is 9.58. The Balaban J connectivity index is 2.34. The number of fused-ring (bicyclic) bond motifs is 1. The van der Waals surface area contributed by atoms with E-state index in [9.17, 15) is 4.79 Å². The molecule has 0 radical (unpaired) electrons. The first kappa shape index (κ1) is 15.4. The molecule has 0 bridgehead atoms. The molecule has 108 valence electrons. The first-order valence-corrected chi connectivity index (χ1v) is 7.68. The smallest absolute Gasteiger partial charge is 0.228 e. The van der Waals surface area contributed by atoms with Crippen LogP contribution >= 0.6 is 34.9 Å². The zero-order chi connectivity index (χ0) is 14.7. The van der Waals surface area contributed by atoms with E-state index >= 15 is 0 Å². The van der Waals surface area contributed by atoms with Crippen LogP contribution in [0.3, 0.4) is 0 Å². The van der Waals surface area contributed by atoms with E-state index < -0.39 is 0 Å². The number of halogens is 2. The molecule has 0 fully saturated rings. The van der Waals surface area contributed by atoms with Crippen molar-refractivity contribution in [3.8, 4) is 0 Å². The monoisotopic (exact) mass is 332 g/mol. The molecule has 1 unspecified atom stereocenters. The van der Waals surface area contributed by atoms with Crippen molar-refractivity contribution in [2.24, 2.45) is 11.7 Å². The topological polar surface area (TPSA) is 80.9 Å². The number of hydrogen-bond acceptors (Lipinski definition) is 5. The van der Waals surface area contributed by atoms with E-state index in [1.54, 1.807) is 6.07 Å². The van der Waals surface area contributed by atoms with Crippen LogP contribution in [0.4, 0.5) is 5.69 Å². The van der Waals surface area contributed by atoms with Crippen LogP contribution in [0.5, 0.6) is 0 Å². The molecule has 0 spiro atoms. The highest BCUT2D eigenvalue weighted by molar-refractivity contribution is 7.00. The normalized spacial score (nSPS) is 12.6. The third-order valence-corrected chi connectivity index (χ3v) is 4.10. The Morgan fingerprint density at radius 3 is 2.75 bits per heavy atom. The number of amides is 1. The van der Waals surface area contributed by atoms with Crippen molar-refractivity contribution in [3.05, 3.63) is 16.1 Å². The fourth-order valence-corrected chi connectivity index (χ4v) is 3.08. The van der Waals surface area contributed by atoms with Gasteiger partial charge in [-0.05, 0) is 12.5 Å². The third-order valence-electron chi connectivity index (χ3n) is 2.98. The van der Waals surface area contributed by atoms with Gasteiger partial charge in [0, 0.05) is 6.54 Å². The Bertz CT molecular complexity index is 631. The lowest BCUT2D eigenvalue weighted by molar-refractivity contribution is -0.119. The highest BCUT2D eigenvalue weighted by atomic mass is 35.5. The van der Waals surface area contributed by atoms with Crippen LogP contribution in [0.15, 0.2) is 6.07 Å². The van der Waals surface area contributed by atoms with E-state index in [1.165, 1.54) is 0 Å². The van der Waals surface area contributed by atoms with Gasteiger partial charge in [0.1, 0.15) is 11.0 Å². The van der Waals surface area contributed by atoms with Crippen LogP contribution in [-0.4, -0.2) is 21.2 Å². The summed E-state index contributed by atoms with van der Waals surface area (Å²) in [5.74, 6) is -0.402. The van der Waals surface area contributed by atoms with Crippen LogP contribution in [0.25, 0.3) is 11.0 Å². The Kier molecular flexibility index (Phi) is 5.15. The molecule has 1 aromatic carbocycles. The molecule has 0 aliphatic heterocycles. The summed E-state index contributed by atoms with van der Waals surface area (Å²) in [4.78, 5) is 12.2. The van der Waals surface area contributed by atoms with E-state index in [-0.39, 0.29) is 11.8 Å². The second kappa shape index (κ2) is 6.67. The average molecular weight is 333 g/mol. The van der Waals surface area contributed by atoms with Crippen molar-refractivity contribution in [1.82, 2.24) is 8.75 Å². The van der Waals surface area contributed by atoms with Crippen molar-refractivity contribution in [1.29, 1.82) is 0 Å². The first-order valence-electron chi connectivity index (χ1n) is 6.19. The van der Waals surface area contributed by atoms with Gasteiger partial charge in [0.25, 0.3) is 0 Å².